The topological polar surface area (TPSA) is 146 Å². The van der Waals surface area contributed by atoms with E-state index in [0.717, 1.165) is 10.9 Å². The summed E-state index contributed by atoms with van der Waals surface area (Å²) >= 11 is 0. The highest BCUT2D eigenvalue weighted by Gasteiger charge is 2.46. The highest BCUT2D eigenvalue weighted by molar-refractivity contribution is 7.91. The van der Waals surface area contributed by atoms with Gasteiger partial charge in [-0.05, 0) is 49.4 Å². The van der Waals surface area contributed by atoms with E-state index in [1.165, 1.54) is 6.26 Å². The SMILES string of the molecule is CCC(C)(N)c1cnc(O[C@H]2C[C@@H](S(C)(=O)=O)[C@@H]2C)c2cnc(Nc3ccc4c(n3)[C@@H](C)[C@H](C)OC4=O)cc12. The number of fused-ring (bicyclic) bond motifs is 2. The van der Waals surface area contributed by atoms with Crippen LogP contribution in [0.4, 0.5) is 11.6 Å². The van der Waals surface area contributed by atoms with Gasteiger partial charge in [-0.1, -0.05) is 20.8 Å². The van der Waals surface area contributed by atoms with E-state index in [0.29, 0.717) is 47.0 Å². The first kappa shape index (κ1) is 27.3. The lowest BCUT2D eigenvalue weighted by atomic mass is 9.82. The third-order valence-corrected chi connectivity index (χ3v) is 10.1. The van der Waals surface area contributed by atoms with Gasteiger partial charge in [0.15, 0.2) is 9.84 Å². The first-order valence-corrected chi connectivity index (χ1v) is 15.2. The minimum Gasteiger partial charge on any atom is -0.473 e. The van der Waals surface area contributed by atoms with Crippen LogP contribution in [-0.4, -0.2) is 53.1 Å². The Bertz CT molecular complexity index is 1560. The number of nitrogens with zero attached hydrogens (tertiary/aromatic N) is 3. The molecule has 0 aromatic carbocycles. The van der Waals surface area contributed by atoms with Crippen molar-refractivity contribution in [2.45, 2.75) is 76.4 Å². The summed E-state index contributed by atoms with van der Waals surface area (Å²) in [6, 6.07) is 5.34. The molecule has 1 saturated carbocycles. The number of pyridine rings is 3. The van der Waals surface area contributed by atoms with Crippen LogP contribution in [0.2, 0.25) is 0 Å². The number of nitrogens with two attached hydrogens (primary N) is 1. The molecule has 3 N–H and O–H groups in total. The van der Waals surface area contributed by atoms with Crippen molar-refractivity contribution in [1.82, 2.24) is 15.0 Å². The second-order valence-corrected chi connectivity index (χ2v) is 13.4. The standard InChI is InChI=1S/C28H35N5O5S/c1-7-28(5,29)20-13-31-26(38-21-11-22(15(21)3)39(6,35)36)19-12-30-24(10-18(19)20)32-23-9-8-17-25(33-23)14(2)16(4)37-27(17)34/h8-10,12-16,21-22H,7,11,29H2,1-6H3,(H,30,32,33)/t14-,15+,16-,21-,22+,28?/m0/s1. The number of esters is 1. The van der Waals surface area contributed by atoms with Crippen LogP contribution in [0.25, 0.3) is 10.8 Å². The van der Waals surface area contributed by atoms with E-state index in [1.807, 2.05) is 40.7 Å². The van der Waals surface area contributed by atoms with Crippen LogP contribution in [-0.2, 0) is 20.1 Å². The van der Waals surface area contributed by atoms with E-state index < -0.39 is 20.6 Å². The molecular formula is C28H35N5O5S. The van der Waals surface area contributed by atoms with E-state index in [2.05, 4.69) is 15.3 Å². The number of ether oxygens (including phenoxy) is 2. The van der Waals surface area contributed by atoms with Crippen molar-refractivity contribution in [2.24, 2.45) is 11.7 Å². The zero-order chi connectivity index (χ0) is 28.3. The predicted molar refractivity (Wildman–Crippen MR) is 149 cm³/mol. The lowest BCUT2D eigenvalue weighted by molar-refractivity contribution is 0.0235. The zero-order valence-corrected chi connectivity index (χ0v) is 23.9. The van der Waals surface area contributed by atoms with Crippen molar-refractivity contribution in [3.8, 4) is 5.88 Å². The van der Waals surface area contributed by atoms with Crippen LogP contribution in [0.15, 0.2) is 30.6 Å². The number of aromatic nitrogens is 3. The fraction of sp³-hybridized carbons (Fsp3) is 0.500. The van der Waals surface area contributed by atoms with Crippen molar-refractivity contribution in [1.29, 1.82) is 0 Å². The van der Waals surface area contributed by atoms with Crippen LogP contribution in [0.3, 0.4) is 0 Å². The Kier molecular flexibility index (Phi) is 6.79. The van der Waals surface area contributed by atoms with Gasteiger partial charge in [-0.15, -0.1) is 0 Å². The van der Waals surface area contributed by atoms with Gasteiger partial charge in [0, 0.05) is 42.4 Å². The summed E-state index contributed by atoms with van der Waals surface area (Å²) in [4.78, 5) is 26.2. The highest BCUT2D eigenvalue weighted by Crippen LogP contribution is 2.40. The largest absolute Gasteiger partial charge is 0.473 e. The van der Waals surface area contributed by atoms with Crippen molar-refractivity contribution in [2.75, 3.05) is 11.6 Å². The van der Waals surface area contributed by atoms with Crippen molar-refractivity contribution in [3.05, 3.63) is 47.4 Å². The first-order chi connectivity index (χ1) is 18.3. The smallest absolute Gasteiger partial charge is 0.340 e. The summed E-state index contributed by atoms with van der Waals surface area (Å²) in [5.74, 6) is 0.958. The molecule has 1 aliphatic heterocycles. The molecule has 2 aliphatic rings. The quantitative estimate of drug-likeness (QED) is 0.408. The molecule has 11 heteroatoms. The predicted octanol–water partition coefficient (Wildman–Crippen LogP) is 4.22. The van der Waals surface area contributed by atoms with Crippen molar-refractivity contribution < 1.29 is 22.7 Å². The summed E-state index contributed by atoms with van der Waals surface area (Å²) in [5.41, 5.74) is 8.01. The molecular weight excluding hydrogens is 518 g/mol. The van der Waals surface area contributed by atoms with Gasteiger partial charge in [0.2, 0.25) is 5.88 Å². The number of hydrogen-bond donors (Lipinski definition) is 2. The lowest BCUT2D eigenvalue weighted by Crippen LogP contribution is -2.51. The van der Waals surface area contributed by atoms with Gasteiger partial charge in [-0.3, -0.25) is 0 Å². The molecule has 10 nitrogen and oxygen atoms in total. The number of carbonyl (C=O) groups is 1. The fourth-order valence-electron chi connectivity index (χ4n) is 5.24. The number of cyclic esters (lactones) is 1. The summed E-state index contributed by atoms with van der Waals surface area (Å²) in [6.07, 6.45) is 5.28. The van der Waals surface area contributed by atoms with Gasteiger partial charge in [-0.25, -0.2) is 28.2 Å². The van der Waals surface area contributed by atoms with Crippen molar-refractivity contribution in [3.63, 3.8) is 0 Å². The minimum atomic E-state index is -3.13. The Labute approximate surface area is 228 Å². The number of nitrogens with one attached hydrogen (secondary N) is 1. The molecule has 0 radical (unpaired) electrons. The van der Waals surface area contributed by atoms with Crippen LogP contribution in [0.1, 0.15) is 75.0 Å². The molecule has 1 aliphatic carbocycles. The Balaban J connectivity index is 1.50. The van der Waals surface area contributed by atoms with Crippen LogP contribution >= 0.6 is 0 Å². The molecule has 3 aromatic rings. The van der Waals surface area contributed by atoms with Gasteiger partial charge in [-0.2, -0.15) is 0 Å². The Morgan fingerprint density at radius 1 is 1.15 bits per heavy atom. The van der Waals surface area contributed by atoms with Gasteiger partial charge in [0.25, 0.3) is 0 Å². The molecule has 6 atom stereocenters. The third kappa shape index (κ3) is 4.93. The van der Waals surface area contributed by atoms with Crippen molar-refractivity contribution >= 4 is 38.2 Å². The highest BCUT2D eigenvalue weighted by atomic mass is 32.2. The maximum absolute atomic E-state index is 12.3. The molecule has 0 bridgehead atoms. The molecule has 39 heavy (non-hydrogen) atoms. The summed E-state index contributed by atoms with van der Waals surface area (Å²) < 4.78 is 35.6. The van der Waals surface area contributed by atoms with Gasteiger partial charge in [0.05, 0.1) is 21.9 Å². The maximum atomic E-state index is 12.3. The summed E-state index contributed by atoms with van der Waals surface area (Å²) in [6.45, 7) is 9.70. The lowest BCUT2D eigenvalue weighted by Gasteiger charge is -2.40. The van der Waals surface area contributed by atoms with Crippen LogP contribution in [0.5, 0.6) is 5.88 Å². The van der Waals surface area contributed by atoms with Gasteiger partial charge in [0.1, 0.15) is 23.8 Å². The van der Waals surface area contributed by atoms with E-state index in [4.69, 9.17) is 20.2 Å². The molecule has 3 aromatic heterocycles. The molecule has 1 unspecified atom stereocenters. The first-order valence-electron chi connectivity index (χ1n) is 13.2. The average Bonchev–Trinajstić information content (AvgIpc) is 2.88. The molecule has 0 amide bonds. The third-order valence-electron chi connectivity index (χ3n) is 8.36. The molecule has 4 heterocycles. The molecule has 208 valence electrons. The molecule has 0 spiro atoms. The summed E-state index contributed by atoms with van der Waals surface area (Å²) in [7, 11) is -3.13. The molecule has 5 rings (SSSR count). The zero-order valence-electron chi connectivity index (χ0n) is 23.1. The molecule has 0 saturated heterocycles. The number of anilines is 2. The fourth-order valence-corrected chi connectivity index (χ4v) is 6.73. The second kappa shape index (κ2) is 9.71. The molecule has 1 fully saturated rings. The Morgan fingerprint density at radius 2 is 1.90 bits per heavy atom. The maximum Gasteiger partial charge on any atom is 0.340 e. The number of carbonyl (C=O) groups excluding carboxylic acids is 1. The second-order valence-electron chi connectivity index (χ2n) is 11.1. The van der Waals surface area contributed by atoms with E-state index in [9.17, 15) is 13.2 Å². The Morgan fingerprint density at radius 3 is 2.56 bits per heavy atom. The van der Waals surface area contributed by atoms with Gasteiger partial charge >= 0.3 is 5.97 Å². The normalized spacial score (nSPS) is 26.2. The number of rotatable bonds is 7. The average molecular weight is 554 g/mol. The number of hydrogen-bond acceptors (Lipinski definition) is 10. The van der Waals surface area contributed by atoms with E-state index in [1.54, 1.807) is 24.5 Å². The van der Waals surface area contributed by atoms with Crippen LogP contribution < -0.4 is 15.8 Å². The van der Waals surface area contributed by atoms with Gasteiger partial charge < -0.3 is 20.5 Å². The minimum absolute atomic E-state index is 0.0416. The van der Waals surface area contributed by atoms with E-state index >= 15 is 0 Å². The van der Waals surface area contributed by atoms with E-state index in [-0.39, 0.29) is 30.0 Å². The monoisotopic (exact) mass is 553 g/mol. The van der Waals surface area contributed by atoms with Crippen LogP contribution in [0, 0.1) is 5.92 Å². The number of sulfone groups is 1. The Hall–Kier alpha value is -3.31. The summed E-state index contributed by atoms with van der Waals surface area (Å²) in [5, 5.41) is 4.38.